The Morgan fingerprint density at radius 1 is 1.45 bits per heavy atom. The zero-order valence-electron chi connectivity index (χ0n) is 6.62. The Hall–Kier alpha value is -0.530. The average molecular weight is 150 g/mol. The second-order valence-corrected chi connectivity index (χ2v) is 2.47. The van der Waals surface area contributed by atoms with Crippen molar-refractivity contribution >= 4 is 5.71 Å². The predicted octanol–water partition coefficient (Wildman–Crippen LogP) is 2.02. The molecule has 0 aromatic heterocycles. The second kappa shape index (κ2) is 4.37. The quantitative estimate of drug-likeness (QED) is 0.372. The first kappa shape index (κ1) is 8.57. The Kier molecular flexibility index (Phi) is 3.40. The van der Waals surface area contributed by atoms with Crippen molar-refractivity contribution in [2.75, 3.05) is 0 Å². The second-order valence-electron chi connectivity index (χ2n) is 2.47. The van der Waals surface area contributed by atoms with Crippen LogP contribution in [0.1, 0.15) is 19.8 Å². The molecule has 0 aromatic carbocycles. The van der Waals surface area contributed by atoms with Gasteiger partial charge in [0, 0.05) is 5.92 Å². The van der Waals surface area contributed by atoms with Gasteiger partial charge in [0.05, 0.1) is 5.71 Å². The molecule has 11 heavy (non-hydrogen) atoms. The standard InChI is InChI=1S/C9H12NO/c1-2-5-9(10-11)8-6-3-4-7-8/h3-4,6-7,11H,2,5H2,1H3/b10-9+. The Morgan fingerprint density at radius 2 is 2.09 bits per heavy atom. The van der Waals surface area contributed by atoms with Crippen molar-refractivity contribution in [3.63, 3.8) is 0 Å². The van der Waals surface area contributed by atoms with Crippen LogP contribution >= 0.6 is 0 Å². The zero-order chi connectivity index (χ0) is 8.10. The van der Waals surface area contributed by atoms with Gasteiger partial charge in [-0.25, -0.2) is 0 Å². The first-order valence-electron chi connectivity index (χ1n) is 3.81. The summed E-state index contributed by atoms with van der Waals surface area (Å²) in [6.07, 6.45) is 9.62. The lowest BCUT2D eigenvalue weighted by Crippen LogP contribution is -2.09. The fourth-order valence-corrected chi connectivity index (χ4v) is 1.06. The van der Waals surface area contributed by atoms with E-state index in [4.69, 9.17) is 5.21 Å². The van der Waals surface area contributed by atoms with Gasteiger partial charge in [0.25, 0.3) is 0 Å². The van der Waals surface area contributed by atoms with Crippen LogP contribution in [0.3, 0.4) is 0 Å². The maximum Gasteiger partial charge on any atom is 0.0647 e. The van der Waals surface area contributed by atoms with Gasteiger partial charge in [0.15, 0.2) is 0 Å². The minimum Gasteiger partial charge on any atom is -0.411 e. The summed E-state index contributed by atoms with van der Waals surface area (Å²) in [5.74, 6) is 1.02. The Labute approximate surface area is 68.3 Å². The molecule has 0 atom stereocenters. The molecular weight excluding hydrogens is 138 g/mol. The summed E-state index contributed by atoms with van der Waals surface area (Å²) in [5.41, 5.74) is 0.775. The van der Waals surface area contributed by atoms with E-state index < -0.39 is 0 Å². The molecule has 0 amide bonds. The molecule has 5 radical (unpaired) electrons. The van der Waals surface area contributed by atoms with Crippen molar-refractivity contribution in [3.05, 3.63) is 31.6 Å². The van der Waals surface area contributed by atoms with Crippen LogP contribution in [-0.4, -0.2) is 10.9 Å². The van der Waals surface area contributed by atoms with Gasteiger partial charge in [-0.2, -0.15) is 0 Å². The van der Waals surface area contributed by atoms with Gasteiger partial charge in [0.1, 0.15) is 0 Å². The molecule has 0 unspecified atom stereocenters. The van der Waals surface area contributed by atoms with E-state index in [-0.39, 0.29) is 0 Å². The van der Waals surface area contributed by atoms with E-state index in [0.717, 1.165) is 24.5 Å². The van der Waals surface area contributed by atoms with E-state index in [2.05, 4.69) is 12.1 Å². The molecule has 2 nitrogen and oxygen atoms in total. The van der Waals surface area contributed by atoms with E-state index >= 15 is 0 Å². The summed E-state index contributed by atoms with van der Waals surface area (Å²) in [4.78, 5) is 0. The molecule has 59 valence electrons. The highest BCUT2D eigenvalue weighted by atomic mass is 16.4. The van der Waals surface area contributed by atoms with Crippen LogP contribution in [-0.2, 0) is 0 Å². The Bertz CT molecular complexity index is 136. The zero-order valence-corrected chi connectivity index (χ0v) is 6.62. The molecule has 0 aromatic rings. The van der Waals surface area contributed by atoms with Crippen LogP contribution in [0.4, 0.5) is 0 Å². The molecule has 0 spiro atoms. The normalized spacial score (nSPS) is 21.0. The third-order valence-corrected chi connectivity index (χ3v) is 1.60. The Morgan fingerprint density at radius 3 is 2.55 bits per heavy atom. The summed E-state index contributed by atoms with van der Waals surface area (Å²) in [7, 11) is 0. The molecule has 1 fully saturated rings. The summed E-state index contributed by atoms with van der Waals surface area (Å²) in [6, 6.07) is 0. The molecule has 1 aliphatic rings. The van der Waals surface area contributed by atoms with Gasteiger partial charge in [-0.3, -0.25) is 0 Å². The third-order valence-electron chi connectivity index (χ3n) is 1.60. The number of hydrogen-bond acceptors (Lipinski definition) is 2. The van der Waals surface area contributed by atoms with Crippen LogP contribution in [0.2, 0.25) is 0 Å². The largest absolute Gasteiger partial charge is 0.411 e. The molecule has 0 aliphatic heterocycles. The van der Waals surface area contributed by atoms with Crippen LogP contribution in [0.15, 0.2) is 5.16 Å². The smallest absolute Gasteiger partial charge is 0.0647 e. The number of nitrogens with zero attached hydrogens (tertiary/aromatic N) is 1. The lowest BCUT2D eigenvalue weighted by molar-refractivity contribution is 0.317. The average Bonchev–Trinajstić information content (AvgIpc) is 2.52. The van der Waals surface area contributed by atoms with Crippen LogP contribution < -0.4 is 0 Å². The van der Waals surface area contributed by atoms with Gasteiger partial charge < -0.3 is 5.21 Å². The number of hydrogen-bond donors (Lipinski definition) is 1. The first-order valence-corrected chi connectivity index (χ1v) is 3.81. The highest BCUT2D eigenvalue weighted by Crippen LogP contribution is 2.25. The van der Waals surface area contributed by atoms with E-state index in [1.807, 2.05) is 25.7 Å². The van der Waals surface area contributed by atoms with E-state index in [1.165, 1.54) is 0 Å². The topological polar surface area (TPSA) is 32.6 Å². The van der Waals surface area contributed by atoms with Crippen molar-refractivity contribution in [3.8, 4) is 0 Å². The van der Waals surface area contributed by atoms with Gasteiger partial charge in [-0.1, -0.05) is 18.5 Å². The van der Waals surface area contributed by atoms with Gasteiger partial charge in [0.2, 0.25) is 0 Å². The molecule has 0 heterocycles. The van der Waals surface area contributed by atoms with Gasteiger partial charge in [-0.05, 0) is 32.1 Å². The van der Waals surface area contributed by atoms with Crippen molar-refractivity contribution in [2.24, 2.45) is 5.16 Å². The fraction of sp³-hybridized carbons (Fsp3) is 0.333. The van der Waals surface area contributed by atoms with Crippen molar-refractivity contribution in [2.45, 2.75) is 19.8 Å². The summed E-state index contributed by atoms with van der Waals surface area (Å²) in [5, 5.41) is 11.9. The minimum absolute atomic E-state index is 0.775. The van der Waals surface area contributed by atoms with E-state index in [1.54, 1.807) is 0 Å². The number of rotatable bonds is 3. The summed E-state index contributed by atoms with van der Waals surface area (Å²) >= 11 is 0. The van der Waals surface area contributed by atoms with Gasteiger partial charge >= 0.3 is 0 Å². The highest BCUT2D eigenvalue weighted by Gasteiger charge is 2.22. The van der Waals surface area contributed by atoms with Gasteiger partial charge in [-0.15, -0.1) is 0 Å². The van der Waals surface area contributed by atoms with Crippen molar-refractivity contribution in [1.82, 2.24) is 0 Å². The molecule has 1 aliphatic carbocycles. The fourth-order valence-electron chi connectivity index (χ4n) is 1.06. The van der Waals surface area contributed by atoms with Crippen LogP contribution in [0.25, 0.3) is 0 Å². The Balaban J connectivity index is 2.41. The molecule has 1 saturated carbocycles. The van der Waals surface area contributed by atoms with E-state index in [0.29, 0.717) is 0 Å². The van der Waals surface area contributed by atoms with Crippen molar-refractivity contribution < 1.29 is 5.21 Å². The third kappa shape index (κ3) is 2.21. The van der Waals surface area contributed by atoms with Crippen LogP contribution in [0, 0.1) is 31.6 Å². The SMILES string of the molecule is CCC/C(=N\O)[C]1[CH][CH][CH][CH]1. The molecule has 0 bridgehead atoms. The molecule has 0 saturated heterocycles. The molecule has 1 N–H and O–H groups in total. The summed E-state index contributed by atoms with van der Waals surface area (Å²) < 4.78 is 0. The lowest BCUT2D eigenvalue weighted by atomic mass is 9.98. The number of oxime groups is 1. The maximum absolute atomic E-state index is 8.62. The summed E-state index contributed by atoms with van der Waals surface area (Å²) in [6.45, 7) is 2.06. The highest BCUT2D eigenvalue weighted by molar-refractivity contribution is 6.01. The molecule has 2 heteroatoms. The van der Waals surface area contributed by atoms with E-state index in [9.17, 15) is 0 Å². The lowest BCUT2D eigenvalue weighted by Gasteiger charge is -2.07. The predicted molar refractivity (Wildman–Crippen MR) is 44.6 cm³/mol. The maximum atomic E-state index is 8.62. The molecule has 1 rings (SSSR count). The molecular formula is C9H12NO. The monoisotopic (exact) mass is 150 g/mol. The van der Waals surface area contributed by atoms with Crippen molar-refractivity contribution in [1.29, 1.82) is 0 Å². The first-order chi connectivity index (χ1) is 5.38. The minimum atomic E-state index is 0.775. The van der Waals surface area contributed by atoms with Crippen LogP contribution in [0.5, 0.6) is 0 Å².